The van der Waals surface area contributed by atoms with Crippen LogP contribution < -0.4 is 5.73 Å². The molecule has 0 saturated heterocycles. The zero-order valence-corrected chi connectivity index (χ0v) is 10.2. The Bertz CT molecular complexity index is 337. The molecule has 90 valence electrons. The fourth-order valence-corrected chi connectivity index (χ4v) is 1.94. The van der Waals surface area contributed by atoms with Gasteiger partial charge in [-0.2, -0.15) is 0 Å². The van der Waals surface area contributed by atoms with E-state index in [-0.39, 0.29) is 10.6 Å². The molecular weight excluding hydrogens is 229 g/mol. The van der Waals surface area contributed by atoms with Gasteiger partial charge in [-0.1, -0.05) is 31.5 Å². The molecule has 1 aromatic carbocycles. The molecule has 16 heavy (non-hydrogen) atoms. The van der Waals surface area contributed by atoms with Crippen LogP contribution in [0, 0.1) is 11.7 Å². The molecule has 0 bridgehead atoms. The molecule has 0 radical (unpaired) electrons. The van der Waals surface area contributed by atoms with Crippen LogP contribution in [0.4, 0.5) is 4.39 Å². The number of benzene rings is 1. The minimum Gasteiger partial charge on any atom is -0.391 e. The van der Waals surface area contributed by atoms with Crippen LogP contribution in [0.1, 0.15) is 31.9 Å². The minimum absolute atomic E-state index is 0.192. The van der Waals surface area contributed by atoms with Crippen molar-refractivity contribution in [1.82, 2.24) is 0 Å². The van der Waals surface area contributed by atoms with Crippen molar-refractivity contribution in [3.05, 3.63) is 34.6 Å². The third-order valence-corrected chi connectivity index (χ3v) is 2.79. The van der Waals surface area contributed by atoms with E-state index in [1.165, 1.54) is 12.1 Å². The van der Waals surface area contributed by atoms with Crippen LogP contribution in [-0.2, 0) is 0 Å². The lowest BCUT2D eigenvalue weighted by atomic mass is 9.95. The number of aliphatic hydroxyl groups excluding tert-OH is 1. The lowest BCUT2D eigenvalue weighted by Crippen LogP contribution is -2.28. The summed E-state index contributed by atoms with van der Waals surface area (Å²) in [7, 11) is 0. The van der Waals surface area contributed by atoms with E-state index in [4.69, 9.17) is 17.3 Å². The standard InChI is InChI=1S/C12H17ClFNO/c1-7(2)6-10(16)12(15)11-8(13)4-3-5-9(11)14/h3-5,7,10,12,16H,6,15H2,1-2H3/t10-,12-/m0/s1. The summed E-state index contributed by atoms with van der Waals surface area (Å²) in [6.07, 6.45) is -0.263. The molecule has 1 rings (SSSR count). The number of hydrogen-bond donors (Lipinski definition) is 2. The first-order valence-electron chi connectivity index (χ1n) is 5.31. The highest BCUT2D eigenvalue weighted by atomic mass is 35.5. The first kappa shape index (κ1) is 13.4. The van der Waals surface area contributed by atoms with Crippen LogP contribution in [0.5, 0.6) is 0 Å². The molecule has 0 aromatic heterocycles. The maximum absolute atomic E-state index is 13.5. The molecule has 0 aliphatic rings. The zero-order valence-electron chi connectivity index (χ0n) is 9.45. The van der Waals surface area contributed by atoms with E-state index in [1.54, 1.807) is 6.07 Å². The molecular formula is C12H17ClFNO. The highest BCUT2D eigenvalue weighted by molar-refractivity contribution is 6.31. The summed E-state index contributed by atoms with van der Waals surface area (Å²) < 4.78 is 13.5. The molecule has 0 amide bonds. The second-order valence-electron chi connectivity index (χ2n) is 4.36. The number of rotatable bonds is 4. The summed E-state index contributed by atoms with van der Waals surface area (Å²) in [5.41, 5.74) is 6.01. The Morgan fingerprint density at radius 1 is 1.44 bits per heavy atom. The normalized spacial score (nSPS) is 15.2. The first-order valence-corrected chi connectivity index (χ1v) is 5.68. The van der Waals surface area contributed by atoms with Crippen LogP contribution in [0.15, 0.2) is 18.2 Å². The molecule has 0 aliphatic carbocycles. The van der Waals surface area contributed by atoms with Crippen molar-refractivity contribution < 1.29 is 9.50 Å². The molecule has 0 heterocycles. The molecule has 2 atom stereocenters. The monoisotopic (exact) mass is 245 g/mol. The molecule has 0 aliphatic heterocycles. The number of nitrogens with two attached hydrogens (primary N) is 1. The fraction of sp³-hybridized carbons (Fsp3) is 0.500. The van der Waals surface area contributed by atoms with E-state index in [9.17, 15) is 9.50 Å². The van der Waals surface area contributed by atoms with E-state index >= 15 is 0 Å². The Morgan fingerprint density at radius 3 is 2.56 bits per heavy atom. The van der Waals surface area contributed by atoms with E-state index in [2.05, 4.69) is 0 Å². The predicted molar refractivity (Wildman–Crippen MR) is 63.8 cm³/mol. The third-order valence-electron chi connectivity index (χ3n) is 2.46. The van der Waals surface area contributed by atoms with Crippen LogP contribution >= 0.6 is 11.6 Å². The van der Waals surface area contributed by atoms with Gasteiger partial charge in [0, 0.05) is 10.6 Å². The molecule has 3 N–H and O–H groups in total. The lowest BCUT2D eigenvalue weighted by molar-refractivity contribution is 0.119. The highest BCUT2D eigenvalue weighted by Gasteiger charge is 2.23. The van der Waals surface area contributed by atoms with Crippen molar-refractivity contribution in [3.63, 3.8) is 0 Å². The molecule has 0 saturated carbocycles. The van der Waals surface area contributed by atoms with Crippen LogP contribution in [0.2, 0.25) is 5.02 Å². The number of aliphatic hydroxyl groups is 1. The van der Waals surface area contributed by atoms with E-state index in [1.807, 2.05) is 13.8 Å². The number of halogens is 2. The van der Waals surface area contributed by atoms with Gasteiger partial charge in [0.2, 0.25) is 0 Å². The van der Waals surface area contributed by atoms with Crippen molar-refractivity contribution in [2.75, 3.05) is 0 Å². The van der Waals surface area contributed by atoms with Crippen molar-refractivity contribution in [3.8, 4) is 0 Å². The Kier molecular flexibility index (Phi) is 4.71. The Morgan fingerprint density at radius 2 is 2.06 bits per heavy atom. The van der Waals surface area contributed by atoms with E-state index < -0.39 is 18.0 Å². The van der Waals surface area contributed by atoms with Crippen molar-refractivity contribution in [2.45, 2.75) is 32.4 Å². The average molecular weight is 246 g/mol. The fourth-order valence-electron chi connectivity index (χ4n) is 1.65. The molecule has 0 fully saturated rings. The largest absolute Gasteiger partial charge is 0.391 e. The lowest BCUT2D eigenvalue weighted by Gasteiger charge is -2.22. The van der Waals surface area contributed by atoms with E-state index in [0.717, 1.165) is 0 Å². The summed E-state index contributed by atoms with van der Waals surface area (Å²) in [5.74, 6) is -0.172. The maximum Gasteiger partial charge on any atom is 0.129 e. The van der Waals surface area contributed by atoms with E-state index in [0.29, 0.717) is 12.3 Å². The van der Waals surface area contributed by atoms with Gasteiger partial charge in [-0.3, -0.25) is 0 Å². The van der Waals surface area contributed by atoms with Gasteiger partial charge in [0.15, 0.2) is 0 Å². The second kappa shape index (κ2) is 5.62. The van der Waals surface area contributed by atoms with Gasteiger partial charge < -0.3 is 10.8 Å². The zero-order chi connectivity index (χ0) is 12.3. The van der Waals surface area contributed by atoms with Gasteiger partial charge in [0.05, 0.1) is 12.1 Å². The van der Waals surface area contributed by atoms with Crippen LogP contribution in [0.25, 0.3) is 0 Å². The van der Waals surface area contributed by atoms with Gasteiger partial charge in [0.25, 0.3) is 0 Å². The Balaban J connectivity index is 2.91. The second-order valence-corrected chi connectivity index (χ2v) is 4.77. The maximum atomic E-state index is 13.5. The third kappa shape index (κ3) is 3.17. The summed E-state index contributed by atoms with van der Waals surface area (Å²) in [5, 5.41) is 10.1. The van der Waals surface area contributed by atoms with Crippen molar-refractivity contribution in [1.29, 1.82) is 0 Å². The Hall–Kier alpha value is -0.640. The summed E-state index contributed by atoms with van der Waals surface area (Å²) in [6, 6.07) is 3.60. The van der Waals surface area contributed by atoms with Gasteiger partial charge in [-0.25, -0.2) is 4.39 Å². The number of hydrogen-bond acceptors (Lipinski definition) is 2. The first-order chi connectivity index (χ1) is 7.43. The van der Waals surface area contributed by atoms with Gasteiger partial charge in [0.1, 0.15) is 5.82 Å². The highest BCUT2D eigenvalue weighted by Crippen LogP contribution is 2.28. The summed E-state index contributed by atoms with van der Waals surface area (Å²) in [4.78, 5) is 0. The van der Waals surface area contributed by atoms with Gasteiger partial charge in [-0.05, 0) is 24.5 Å². The Labute approximate surface area is 100 Å². The molecule has 4 heteroatoms. The van der Waals surface area contributed by atoms with Crippen molar-refractivity contribution in [2.24, 2.45) is 11.7 Å². The quantitative estimate of drug-likeness (QED) is 0.857. The molecule has 0 unspecified atom stereocenters. The molecule has 1 aromatic rings. The van der Waals surface area contributed by atoms with Crippen LogP contribution in [0.3, 0.4) is 0 Å². The SMILES string of the molecule is CC(C)C[C@H](O)[C@H](N)c1c(F)cccc1Cl. The smallest absolute Gasteiger partial charge is 0.129 e. The van der Waals surface area contributed by atoms with Gasteiger partial charge >= 0.3 is 0 Å². The summed E-state index contributed by atoms with van der Waals surface area (Å²) in [6.45, 7) is 3.94. The molecule has 2 nitrogen and oxygen atoms in total. The summed E-state index contributed by atoms with van der Waals surface area (Å²) >= 11 is 5.87. The topological polar surface area (TPSA) is 46.2 Å². The van der Waals surface area contributed by atoms with Gasteiger partial charge in [-0.15, -0.1) is 0 Å². The predicted octanol–water partition coefficient (Wildman–Crippen LogP) is 2.89. The van der Waals surface area contributed by atoms with Crippen molar-refractivity contribution >= 4 is 11.6 Å². The molecule has 0 spiro atoms. The van der Waals surface area contributed by atoms with Crippen LogP contribution in [-0.4, -0.2) is 11.2 Å². The minimum atomic E-state index is -0.783. The average Bonchev–Trinajstić information content (AvgIpc) is 2.16.